The predicted octanol–water partition coefficient (Wildman–Crippen LogP) is 5.28. The number of hydrogen-bond acceptors (Lipinski definition) is 1. The topological polar surface area (TPSA) is 12.0 Å². The molecular formula is C15H13ClF3N. The van der Waals surface area contributed by atoms with Crippen molar-refractivity contribution in [2.45, 2.75) is 19.6 Å². The third kappa shape index (κ3) is 3.67. The Hall–Kier alpha value is -1.68. The highest BCUT2D eigenvalue weighted by Crippen LogP contribution is 2.33. The van der Waals surface area contributed by atoms with Crippen LogP contribution < -0.4 is 5.32 Å². The van der Waals surface area contributed by atoms with E-state index in [9.17, 15) is 13.2 Å². The summed E-state index contributed by atoms with van der Waals surface area (Å²) in [5.74, 6) is 0. The summed E-state index contributed by atoms with van der Waals surface area (Å²) >= 11 is 5.91. The van der Waals surface area contributed by atoms with Crippen LogP contribution in [0.25, 0.3) is 0 Å². The van der Waals surface area contributed by atoms with E-state index in [1.165, 1.54) is 6.07 Å². The molecule has 5 heteroatoms. The summed E-state index contributed by atoms with van der Waals surface area (Å²) in [5.41, 5.74) is 1.65. The van der Waals surface area contributed by atoms with Gasteiger partial charge in [0.15, 0.2) is 0 Å². The van der Waals surface area contributed by atoms with E-state index in [-0.39, 0.29) is 10.7 Å². The Kier molecular flexibility index (Phi) is 4.23. The fourth-order valence-electron chi connectivity index (χ4n) is 1.86. The first-order valence-corrected chi connectivity index (χ1v) is 6.40. The molecule has 20 heavy (non-hydrogen) atoms. The van der Waals surface area contributed by atoms with Crippen LogP contribution in [0.1, 0.15) is 16.7 Å². The second-order valence-electron chi connectivity index (χ2n) is 4.53. The summed E-state index contributed by atoms with van der Waals surface area (Å²) in [4.78, 5) is 0. The van der Waals surface area contributed by atoms with Crippen molar-refractivity contribution in [3.05, 3.63) is 64.2 Å². The molecule has 1 N–H and O–H groups in total. The monoisotopic (exact) mass is 299 g/mol. The van der Waals surface area contributed by atoms with E-state index in [1.54, 1.807) is 0 Å². The number of hydrogen-bond donors (Lipinski definition) is 1. The Morgan fingerprint density at radius 3 is 2.50 bits per heavy atom. The Balaban J connectivity index is 2.17. The molecule has 0 amide bonds. The average molecular weight is 300 g/mol. The van der Waals surface area contributed by atoms with E-state index >= 15 is 0 Å². The second-order valence-corrected chi connectivity index (χ2v) is 4.94. The lowest BCUT2D eigenvalue weighted by molar-refractivity contribution is -0.137. The number of benzene rings is 2. The van der Waals surface area contributed by atoms with E-state index in [2.05, 4.69) is 5.32 Å². The molecule has 0 saturated carbocycles. The lowest BCUT2D eigenvalue weighted by atomic mass is 10.1. The van der Waals surface area contributed by atoms with Crippen LogP contribution in [0.4, 0.5) is 18.9 Å². The molecular weight excluding hydrogens is 287 g/mol. The van der Waals surface area contributed by atoms with Crippen LogP contribution in [-0.2, 0) is 12.7 Å². The van der Waals surface area contributed by atoms with Gasteiger partial charge in [-0.05, 0) is 30.7 Å². The largest absolute Gasteiger partial charge is 0.416 e. The van der Waals surface area contributed by atoms with Crippen molar-refractivity contribution in [1.29, 1.82) is 0 Å². The quantitative estimate of drug-likeness (QED) is 0.813. The molecule has 2 aromatic rings. The van der Waals surface area contributed by atoms with E-state index in [0.717, 1.165) is 23.3 Å². The molecule has 0 aliphatic heterocycles. The molecule has 0 aliphatic rings. The first kappa shape index (κ1) is 14.7. The lowest BCUT2D eigenvalue weighted by Gasteiger charge is -2.12. The van der Waals surface area contributed by atoms with Crippen LogP contribution >= 0.6 is 11.6 Å². The van der Waals surface area contributed by atoms with Crippen LogP contribution in [0, 0.1) is 6.92 Å². The molecule has 1 nitrogen and oxygen atoms in total. The molecule has 2 rings (SSSR count). The molecule has 0 aliphatic carbocycles. The fraction of sp³-hybridized carbons (Fsp3) is 0.200. The minimum absolute atomic E-state index is 0.269. The Morgan fingerprint density at radius 1 is 1.10 bits per heavy atom. The van der Waals surface area contributed by atoms with Crippen LogP contribution in [-0.4, -0.2) is 0 Å². The van der Waals surface area contributed by atoms with Crippen LogP contribution in [0.5, 0.6) is 0 Å². The third-order valence-electron chi connectivity index (χ3n) is 2.86. The van der Waals surface area contributed by atoms with Crippen molar-refractivity contribution < 1.29 is 13.2 Å². The summed E-state index contributed by atoms with van der Waals surface area (Å²) in [7, 11) is 0. The van der Waals surface area contributed by atoms with Crippen molar-refractivity contribution in [2.75, 3.05) is 5.32 Å². The molecule has 0 spiro atoms. The summed E-state index contributed by atoms with van der Waals surface area (Å²) < 4.78 is 37.9. The minimum atomic E-state index is -4.37. The molecule has 106 valence electrons. The maximum atomic E-state index is 12.6. The van der Waals surface area contributed by atoms with Crippen molar-refractivity contribution in [3.63, 3.8) is 0 Å². The van der Waals surface area contributed by atoms with Crippen molar-refractivity contribution in [1.82, 2.24) is 0 Å². The highest BCUT2D eigenvalue weighted by atomic mass is 35.5. The second kappa shape index (κ2) is 5.75. The van der Waals surface area contributed by atoms with E-state index < -0.39 is 11.7 Å². The van der Waals surface area contributed by atoms with Crippen molar-refractivity contribution in [2.24, 2.45) is 0 Å². The number of nitrogens with one attached hydrogen (secondary N) is 1. The minimum Gasteiger partial charge on any atom is -0.380 e. The molecule has 0 unspecified atom stereocenters. The number of halogens is 4. The maximum Gasteiger partial charge on any atom is 0.416 e. The van der Waals surface area contributed by atoms with E-state index in [4.69, 9.17) is 11.6 Å². The Morgan fingerprint density at radius 2 is 1.85 bits per heavy atom. The summed E-state index contributed by atoms with van der Waals surface area (Å²) in [6, 6.07) is 11.0. The molecule has 0 bridgehead atoms. The van der Waals surface area contributed by atoms with Gasteiger partial charge in [-0.25, -0.2) is 0 Å². The Bertz CT molecular complexity index is 608. The van der Waals surface area contributed by atoms with Gasteiger partial charge in [-0.1, -0.05) is 41.4 Å². The number of aryl methyl sites for hydroxylation is 1. The standard InChI is InChI=1S/C15H13ClF3N/c1-10-3-2-4-11(7-10)9-20-14-8-12(15(17,18)19)5-6-13(14)16/h2-8,20H,9H2,1H3. The van der Waals surface area contributed by atoms with Gasteiger partial charge in [0.25, 0.3) is 0 Å². The molecule has 0 saturated heterocycles. The lowest BCUT2D eigenvalue weighted by Crippen LogP contribution is -2.07. The number of rotatable bonds is 3. The van der Waals surface area contributed by atoms with Crippen molar-refractivity contribution in [3.8, 4) is 0 Å². The van der Waals surface area contributed by atoms with Gasteiger partial charge in [0.05, 0.1) is 16.3 Å². The summed E-state index contributed by atoms with van der Waals surface area (Å²) in [6.45, 7) is 2.38. The molecule has 0 atom stereocenters. The van der Waals surface area contributed by atoms with Crippen LogP contribution in [0.3, 0.4) is 0 Å². The zero-order chi connectivity index (χ0) is 14.8. The number of alkyl halides is 3. The third-order valence-corrected chi connectivity index (χ3v) is 3.19. The van der Waals surface area contributed by atoms with Gasteiger partial charge >= 0.3 is 6.18 Å². The molecule has 0 fully saturated rings. The number of anilines is 1. The zero-order valence-electron chi connectivity index (χ0n) is 10.8. The first-order chi connectivity index (χ1) is 9.36. The van der Waals surface area contributed by atoms with Crippen molar-refractivity contribution >= 4 is 17.3 Å². The highest BCUT2D eigenvalue weighted by Gasteiger charge is 2.30. The zero-order valence-corrected chi connectivity index (χ0v) is 11.5. The average Bonchev–Trinajstić information content (AvgIpc) is 2.36. The fourth-order valence-corrected chi connectivity index (χ4v) is 2.04. The smallest absolute Gasteiger partial charge is 0.380 e. The van der Waals surface area contributed by atoms with E-state index in [1.807, 2.05) is 31.2 Å². The highest BCUT2D eigenvalue weighted by molar-refractivity contribution is 6.33. The van der Waals surface area contributed by atoms with Gasteiger partial charge < -0.3 is 5.32 Å². The van der Waals surface area contributed by atoms with E-state index in [0.29, 0.717) is 6.54 Å². The van der Waals surface area contributed by atoms with Crippen LogP contribution in [0.15, 0.2) is 42.5 Å². The van der Waals surface area contributed by atoms with Gasteiger partial charge in [-0.2, -0.15) is 13.2 Å². The molecule has 2 aromatic carbocycles. The normalized spacial score (nSPS) is 11.4. The van der Waals surface area contributed by atoms with Gasteiger partial charge in [-0.15, -0.1) is 0 Å². The molecule has 0 aromatic heterocycles. The van der Waals surface area contributed by atoms with Gasteiger partial charge in [-0.3, -0.25) is 0 Å². The van der Waals surface area contributed by atoms with Gasteiger partial charge in [0.2, 0.25) is 0 Å². The Labute approximate surface area is 120 Å². The first-order valence-electron chi connectivity index (χ1n) is 6.02. The summed E-state index contributed by atoms with van der Waals surface area (Å²) in [5, 5.41) is 3.21. The van der Waals surface area contributed by atoms with Crippen LogP contribution in [0.2, 0.25) is 5.02 Å². The molecule has 0 radical (unpaired) electrons. The van der Waals surface area contributed by atoms with Gasteiger partial charge in [0.1, 0.15) is 0 Å². The SMILES string of the molecule is Cc1cccc(CNc2cc(C(F)(F)F)ccc2Cl)c1. The predicted molar refractivity (Wildman–Crippen MR) is 75.0 cm³/mol. The summed E-state index contributed by atoms with van der Waals surface area (Å²) in [6.07, 6.45) is -4.37. The van der Waals surface area contributed by atoms with Gasteiger partial charge in [0, 0.05) is 6.54 Å². The molecule has 0 heterocycles. The maximum absolute atomic E-state index is 12.6.